The van der Waals surface area contributed by atoms with Gasteiger partial charge in [-0.05, 0) is 25.7 Å². The maximum Gasteiger partial charge on any atom is 0.207 e. The summed E-state index contributed by atoms with van der Waals surface area (Å²) in [6, 6.07) is 0. The number of halogens is 2. The molecule has 14 heavy (non-hydrogen) atoms. The summed E-state index contributed by atoms with van der Waals surface area (Å²) >= 11 is 0. The van der Waals surface area contributed by atoms with E-state index in [-0.39, 0.29) is 31.5 Å². The van der Waals surface area contributed by atoms with Gasteiger partial charge in [0.05, 0.1) is 0 Å². The van der Waals surface area contributed by atoms with Gasteiger partial charge in [0.15, 0.2) is 11.3 Å². The van der Waals surface area contributed by atoms with Crippen molar-refractivity contribution >= 4 is 11.6 Å². The molecule has 0 spiro atoms. The van der Waals surface area contributed by atoms with E-state index < -0.39 is 29.0 Å². The molecular weight excluding hydrogens is 190 g/mol. The molecule has 0 aromatic heterocycles. The number of ketones is 2. The lowest BCUT2D eigenvalue weighted by Gasteiger charge is -2.52. The summed E-state index contributed by atoms with van der Waals surface area (Å²) in [6.07, 6.45) is -0.306. The Kier molecular flexibility index (Phi) is 1.26. The third-order valence-electron chi connectivity index (χ3n) is 3.90. The smallest absolute Gasteiger partial charge is 0.207 e. The Morgan fingerprint density at radius 3 is 1.64 bits per heavy atom. The van der Waals surface area contributed by atoms with Crippen LogP contribution in [0.4, 0.5) is 8.78 Å². The molecule has 0 heterocycles. The zero-order valence-electron chi connectivity index (χ0n) is 7.56. The van der Waals surface area contributed by atoms with Gasteiger partial charge in [-0.2, -0.15) is 0 Å². The number of carbonyl (C=O) groups excluding carboxylic acids is 2. The Balaban J connectivity index is 2.11. The number of rotatable bonds is 0. The molecule has 76 valence electrons. The van der Waals surface area contributed by atoms with Gasteiger partial charge in [0.1, 0.15) is 5.78 Å². The van der Waals surface area contributed by atoms with Gasteiger partial charge in [0, 0.05) is 11.8 Å². The van der Waals surface area contributed by atoms with Crippen molar-refractivity contribution in [1.82, 2.24) is 0 Å². The molecule has 4 fully saturated rings. The summed E-state index contributed by atoms with van der Waals surface area (Å²) in [5.41, 5.74) is -4.07. The van der Waals surface area contributed by atoms with Crippen molar-refractivity contribution in [3.63, 3.8) is 0 Å². The fraction of sp³-hybridized carbons (Fsp3) is 0.800. The van der Waals surface area contributed by atoms with E-state index in [0.29, 0.717) is 0 Å². The third kappa shape index (κ3) is 0.758. The molecule has 4 bridgehead atoms. The normalized spacial score (nSPS) is 55.6. The molecule has 0 atom stereocenters. The van der Waals surface area contributed by atoms with Gasteiger partial charge in [-0.3, -0.25) is 9.59 Å². The first kappa shape index (κ1) is 8.50. The second-order valence-corrected chi connectivity index (χ2v) is 4.87. The Bertz CT molecular complexity index is 308. The molecule has 4 aliphatic rings. The van der Waals surface area contributed by atoms with Crippen LogP contribution in [0.15, 0.2) is 0 Å². The lowest BCUT2D eigenvalue weighted by Crippen LogP contribution is -2.66. The SMILES string of the molecule is O=C1C2CC3(F)CC1CC(F)(C2)C3=O. The van der Waals surface area contributed by atoms with Crippen molar-refractivity contribution in [3.05, 3.63) is 0 Å². The zero-order valence-corrected chi connectivity index (χ0v) is 7.56. The van der Waals surface area contributed by atoms with Gasteiger partial charge in [-0.1, -0.05) is 0 Å². The van der Waals surface area contributed by atoms with Crippen molar-refractivity contribution in [2.75, 3.05) is 0 Å². The quantitative estimate of drug-likeness (QED) is 0.592. The molecule has 2 nitrogen and oxygen atoms in total. The number of carbonyl (C=O) groups is 2. The average Bonchev–Trinajstić information content (AvgIpc) is 2.07. The van der Waals surface area contributed by atoms with Crippen LogP contribution in [0.1, 0.15) is 25.7 Å². The number of Topliss-reactive ketones (excluding diaryl/α,β-unsaturated/α-hetero) is 2. The fourth-order valence-corrected chi connectivity index (χ4v) is 3.38. The van der Waals surface area contributed by atoms with E-state index in [1.54, 1.807) is 0 Å². The highest BCUT2D eigenvalue weighted by atomic mass is 19.2. The van der Waals surface area contributed by atoms with Crippen molar-refractivity contribution in [2.45, 2.75) is 37.0 Å². The largest absolute Gasteiger partial charge is 0.299 e. The van der Waals surface area contributed by atoms with Crippen LogP contribution in [0.5, 0.6) is 0 Å². The molecule has 0 N–H and O–H groups in total. The maximum atomic E-state index is 14.0. The lowest BCUT2D eigenvalue weighted by molar-refractivity contribution is -0.177. The summed E-state index contributed by atoms with van der Waals surface area (Å²) in [5, 5.41) is 0. The topological polar surface area (TPSA) is 34.1 Å². The summed E-state index contributed by atoms with van der Waals surface area (Å²) < 4.78 is 27.9. The van der Waals surface area contributed by atoms with E-state index in [1.165, 1.54) is 0 Å². The first-order valence-corrected chi connectivity index (χ1v) is 4.91. The molecule has 4 aliphatic carbocycles. The minimum atomic E-state index is -2.03. The van der Waals surface area contributed by atoms with Crippen molar-refractivity contribution < 1.29 is 18.4 Å². The van der Waals surface area contributed by atoms with E-state index in [0.717, 1.165) is 0 Å². The maximum absolute atomic E-state index is 14.0. The van der Waals surface area contributed by atoms with Crippen molar-refractivity contribution in [1.29, 1.82) is 0 Å². The Morgan fingerprint density at radius 2 is 1.29 bits per heavy atom. The highest BCUT2D eigenvalue weighted by molar-refractivity contribution is 6.03. The number of hydrogen-bond acceptors (Lipinski definition) is 2. The van der Waals surface area contributed by atoms with Crippen LogP contribution in [0.2, 0.25) is 0 Å². The second-order valence-electron chi connectivity index (χ2n) is 4.87. The standard InChI is InChI=1S/C10H10F2O2/c11-9-1-5-2-10(12,8(9)14)4-6(3-9)7(5)13/h5-6H,1-4H2. The highest BCUT2D eigenvalue weighted by Gasteiger charge is 2.68. The highest BCUT2D eigenvalue weighted by Crippen LogP contribution is 2.56. The van der Waals surface area contributed by atoms with Gasteiger partial charge >= 0.3 is 0 Å². The summed E-state index contributed by atoms with van der Waals surface area (Å²) in [4.78, 5) is 23.0. The van der Waals surface area contributed by atoms with Crippen molar-refractivity contribution in [2.24, 2.45) is 11.8 Å². The van der Waals surface area contributed by atoms with Crippen LogP contribution in [0.3, 0.4) is 0 Å². The van der Waals surface area contributed by atoms with Gasteiger partial charge in [-0.15, -0.1) is 0 Å². The second kappa shape index (κ2) is 2.07. The van der Waals surface area contributed by atoms with E-state index in [2.05, 4.69) is 0 Å². The number of alkyl halides is 2. The Morgan fingerprint density at radius 1 is 0.929 bits per heavy atom. The number of hydrogen-bond donors (Lipinski definition) is 0. The molecule has 0 unspecified atom stereocenters. The third-order valence-corrected chi connectivity index (χ3v) is 3.90. The molecule has 0 aliphatic heterocycles. The molecule has 4 saturated carbocycles. The van der Waals surface area contributed by atoms with Crippen molar-refractivity contribution in [3.8, 4) is 0 Å². The van der Waals surface area contributed by atoms with Gasteiger partial charge < -0.3 is 0 Å². The molecule has 0 aromatic carbocycles. The minimum Gasteiger partial charge on any atom is -0.299 e. The molecule has 0 saturated heterocycles. The van der Waals surface area contributed by atoms with Gasteiger partial charge in [0.25, 0.3) is 0 Å². The van der Waals surface area contributed by atoms with Crippen LogP contribution in [0.25, 0.3) is 0 Å². The first-order valence-electron chi connectivity index (χ1n) is 4.91. The zero-order chi connectivity index (χ0) is 10.1. The summed E-state index contributed by atoms with van der Waals surface area (Å²) in [5.74, 6) is -2.02. The molecule has 0 aromatic rings. The van der Waals surface area contributed by atoms with Crippen LogP contribution < -0.4 is 0 Å². The van der Waals surface area contributed by atoms with Gasteiger partial charge in [0.2, 0.25) is 5.78 Å². The van der Waals surface area contributed by atoms with E-state index in [4.69, 9.17) is 0 Å². The fourth-order valence-electron chi connectivity index (χ4n) is 3.38. The van der Waals surface area contributed by atoms with Crippen LogP contribution >= 0.6 is 0 Å². The molecule has 4 heteroatoms. The molecular formula is C10H10F2O2. The van der Waals surface area contributed by atoms with Gasteiger partial charge in [-0.25, -0.2) is 8.78 Å². The molecule has 0 radical (unpaired) electrons. The summed E-state index contributed by atoms with van der Waals surface area (Å²) in [6.45, 7) is 0. The van der Waals surface area contributed by atoms with Crippen LogP contribution in [-0.2, 0) is 9.59 Å². The molecule has 0 amide bonds. The Labute approximate surface area is 79.7 Å². The van der Waals surface area contributed by atoms with E-state index >= 15 is 0 Å². The molecule has 4 rings (SSSR count). The van der Waals surface area contributed by atoms with E-state index in [9.17, 15) is 18.4 Å². The average molecular weight is 200 g/mol. The Hall–Kier alpha value is -0.800. The monoisotopic (exact) mass is 200 g/mol. The lowest BCUT2D eigenvalue weighted by atomic mass is 9.52. The first-order chi connectivity index (χ1) is 6.45. The minimum absolute atomic E-state index is 0.0287. The predicted octanol–water partition coefficient (Wildman–Crippen LogP) is 1.37. The summed E-state index contributed by atoms with van der Waals surface area (Å²) in [7, 11) is 0. The van der Waals surface area contributed by atoms with E-state index in [1.807, 2.05) is 0 Å². The van der Waals surface area contributed by atoms with Crippen LogP contribution in [-0.4, -0.2) is 22.9 Å². The van der Waals surface area contributed by atoms with Crippen LogP contribution in [0, 0.1) is 11.8 Å². The predicted molar refractivity (Wildman–Crippen MR) is 43.1 cm³/mol.